The third-order valence-corrected chi connectivity index (χ3v) is 4.35. The molecule has 3 nitrogen and oxygen atoms in total. The summed E-state index contributed by atoms with van der Waals surface area (Å²) in [7, 11) is 0. The van der Waals surface area contributed by atoms with Crippen LogP contribution in [0.2, 0.25) is 0 Å². The van der Waals surface area contributed by atoms with E-state index in [0.717, 1.165) is 16.9 Å². The standard InChI is InChI=1S/C21H18N2O/c1-15-11-13-16(14-12-15)20-22-19-10-6-5-9-18(19)21(24)23(20)17-7-3-2-4-8-17/h2-14,20,22H,1H3/t20-/m0/s1. The van der Waals surface area contributed by atoms with E-state index in [1.54, 1.807) is 0 Å². The molecule has 24 heavy (non-hydrogen) atoms. The van der Waals surface area contributed by atoms with Crippen LogP contribution in [0.25, 0.3) is 0 Å². The zero-order chi connectivity index (χ0) is 16.5. The Balaban J connectivity index is 1.86. The van der Waals surface area contributed by atoms with Crippen molar-refractivity contribution in [3.8, 4) is 0 Å². The maximum atomic E-state index is 13.2. The van der Waals surface area contributed by atoms with Gasteiger partial charge in [-0.3, -0.25) is 9.69 Å². The Morgan fingerprint density at radius 2 is 1.50 bits per heavy atom. The molecule has 0 fully saturated rings. The Kier molecular flexibility index (Phi) is 3.54. The number of hydrogen-bond acceptors (Lipinski definition) is 2. The Morgan fingerprint density at radius 1 is 0.833 bits per heavy atom. The molecule has 1 aliphatic heterocycles. The third-order valence-electron chi connectivity index (χ3n) is 4.35. The minimum Gasteiger partial charge on any atom is -0.360 e. The number of para-hydroxylation sites is 2. The number of rotatable bonds is 2. The first-order valence-corrected chi connectivity index (χ1v) is 8.05. The van der Waals surface area contributed by atoms with Gasteiger partial charge in [-0.2, -0.15) is 0 Å². The Hall–Kier alpha value is -3.07. The molecule has 0 spiro atoms. The van der Waals surface area contributed by atoms with Crippen molar-refractivity contribution in [3.05, 3.63) is 95.6 Å². The normalized spacial score (nSPS) is 16.5. The molecular formula is C21H18N2O. The maximum Gasteiger partial charge on any atom is 0.262 e. The van der Waals surface area contributed by atoms with E-state index in [4.69, 9.17) is 0 Å². The topological polar surface area (TPSA) is 32.3 Å². The van der Waals surface area contributed by atoms with E-state index in [2.05, 4.69) is 36.5 Å². The van der Waals surface area contributed by atoms with Crippen LogP contribution in [-0.2, 0) is 0 Å². The molecule has 3 aromatic rings. The van der Waals surface area contributed by atoms with Gasteiger partial charge in [-0.1, -0.05) is 60.2 Å². The van der Waals surface area contributed by atoms with Gasteiger partial charge < -0.3 is 5.32 Å². The number of aryl methyl sites for hydroxylation is 1. The molecule has 1 N–H and O–H groups in total. The zero-order valence-electron chi connectivity index (χ0n) is 13.4. The summed E-state index contributed by atoms with van der Waals surface area (Å²) in [4.78, 5) is 15.0. The Morgan fingerprint density at radius 3 is 2.25 bits per heavy atom. The molecular weight excluding hydrogens is 296 g/mol. The Labute approximate surface area is 141 Å². The van der Waals surface area contributed by atoms with Gasteiger partial charge in [0.25, 0.3) is 5.91 Å². The van der Waals surface area contributed by atoms with E-state index >= 15 is 0 Å². The molecule has 0 unspecified atom stereocenters. The van der Waals surface area contributed by atoms with Gasteiger partial charge in [-0.15, -0.1) is 0 Å². The first-order valence-electron chi connectivity index (χ1n) is 8.05. The number of nitrogens with one attached hydrogen (secondary N) is 1. The minimum absolute atomic E-state index is 0.0149. The lowest BCUT2D eigenvalue weighted by Crippen LogP contribution is -2.43. The summed E-state index contributed by atoms with van der Waals surface area (Å²) in [6.07, 6.45) is -0.226. The van der Waals surface area contributed by atoms with Crippen LogP contribution in [0, 0.1) is 6.92 Å². The Bertz CT molecular complexity index is 872. The quantitative estimate of drug-likeness (QED) is 0.739. The average Bonchev–Trinajstić information content (AvgIpc) is 2.63. The van der Waals surface area contributed by atoms with Crippen LogP contribution in [0.5, 0.6) is 0 Å². The maximum absolute atomic E-state index is 13.2. The number of nitrogens with zero attached hydrogens (tertiary/aromatic N) is 1. The van der Waals surface area contributed by atoms with E-state index in [0.29, 0.717) is 5.56 Å². The molecule has 0 radical (unpaired) electrons. The summed E-state index contributed by atoms with van der Waals surface area (Å²) in [6.45, 7) is 2.06. The van der Waals surface area contributed by atoms with Crippen molar-refractivity contribution in [1.29, 1.82) is 0 Å². The lowest BCUT2D eigenvalue weighted by molar-refractivity contribution is 0.0975. The van der Waals surface area contributed by atoms with Crippen molar-refractivity contribution in [2.45, 2.75) is 13.1 Å². The molecule has 4 rings (SSSR count). The molecule has 118 valence electrons. The highest BCUT2D eigenvalue weighted by molar-refractivity contribution is 6.12. The molecule has 0 bridgehead atoms. The molecule has 1 atom stereocenters. The van der Waals surface area contributed by atoms with Crippen molar-refractivity contribution < 1.29 is 4.79 Å². The van der Waals surface area contributed by atoms with Crippen LogP contribution in [0.3, 0.4) is 0 Å². The number of fused-ring (bicyclic) bond motifs is 1. The lowest BCUT2D eigenvalue weighted by Gasteiger charge is -2.38. The SMILES string of the molecule is Cc1ccc([C@H]2Nc3ccccc3C(=O)N2c2ccccc2)cc1. The minimum atomic E-state index is -0.226. The van der Waals surface area contributed by atoms with Crippen LogP contribution in [-0.4, -0.2) is 5.91 Å². The molecule has 3 aromatic carbocycles. The molecule has 0 aromatic heterocycles. The van der Waals surface area contributed by atoms with Gasteiger partial charge in [0.1, 0.15) is 6.17 Å². The van der Waals surface area contributed by atoms with Crippen LogP contribution < -0.4 is 10.2 Å². The number of benzene rings is 3. The number of carbonyl (C=O) groups excluding carboxylic acids is 1. The van der Waals surface area contributed by atoms with Gasteiger partial charge in [-0.25, -0.2) is 0 Å². The van der Waals surface area contributed by atoms with Crippen LogP contribution in [0.15, 0.2) is 78.9 Å². The second kappa shape index (κ2) is 5.85. The monoisotopic (exact) mass is 314 g/mol. The summed E-state index contributed by atoms with van der Waals surface area (Å²) in [5.41, 5.74) is 4.72. The number of carbonyl (C=O) groups is 1. The predicted molar refractivity (Wildman–Crippen MR) is 97.2 cm³/mol. The van der Waals surface area contributed by atoms with Gasteiger partial charge >= 0.3 is 0 Å². The van der Waals surface area contributed by atoms with Crippen LogP contribution in [0.4, 0.5) is 11.4 Å². The average molecular weight is 314 g/mol. The first-order chi connectivity index (χ1) is 11.7. The highest BCUT2D eigenvalue weighted by Crippen LogP contribution is 2.36. The summed E-state index contributed by atoms with van der Waals surface area (Å²) < 4.78 is 0. The molecule has 1 aliphatic rings. The lowest BCUT2D eigenvalue weighted by atomic mass is 10.0. The van der Waals surface area contributed by atoms with Gasteiger partial charge in [-0.05, 0) is 36.8 Å². The van der Waals surface area contributed by atoms with E-state index in [9.17, 15) is 4.79 Å². The first kappa shape index (κ1) is 14.5. The van der Waals surface area contributed by atoms with E-state index in [1.807, 2.05) is 59.5 Å². The molecule has 0 aliphatic carbocycles. The van der Waals surface area contributed by atoms with Crippen molar-refractivity contribution >= 4 is 17.3 Å². The van der Waals surface area contributed by atoms with Crippen LogP contribution in [0.1, 0.15) is 27.7 Å². The van der Waals surface area contributed by atoms with Crippen molar-refractivity contribution in [2.75, 3.05) is 10.2 Å². The van der Waals surface area contributed by atoms with Gasteiger partial charge in [0.05, 0.1) is 5.56 Å². The van der Waals surface area contributed by atoms with Gasteiger partial charge in [0, 0.05) is 11.4 Å². The molecule has 0 saturated heterocycles. The van der Waals surface area contributed by atoms with Crippen LogP contribution >= 0.6 is 0 Å². The zero-order valence-corrected chi connectivity index (χ0v) is 13.4. The van der Waals surface area contributed by atoms with Gasteiger partial charge in [0.15, 0.2) is 0 Å². The van der Waals surface area contributed by atoms with Crippen molar-refractivity contribution in [1.82, 2.24) is 0 Å². The second-order valence-electron chi connectivity index (χ2n) is 6.01. The fourth-order valence-electron chi connectivity index (χ4n) is 3.09. The molecule has 1 heterocycles. The fourth-order valence-corrected chi connectivity index (χ4v) is 3.09. The summed E-state index contributed by atoms with van der Waals surface area (Å²) in [5, 5.41) is 3.52. The summed E-state index contributed by atoms with van der Waals surface area (Å²) in [5.74, 6) is 0.0149. The highest BCUT2D eigenvalue weighted by atomic mass is 16.2. The van der Waals surface area contributed by atoms with Gasteiger partial charge in [0.2, 0.25) is 0 Å². The third kappa shape index (κ3) is 2.44. The highest BCUT2D eigenvalue weighted by Gasteiger charge is 2.33. The molecule has 1 amide bonds. The summed E-state index contributed by atoms with van der Waals surface area (Å²) in [6, 6.07) is 25.8. The molecule has 0 saturated carbocycles. The number of amides is 1. The van der Waals surface area contributed by atoms with Crippen molar-refractivity contribution in [2.24, 2.45) is 0 Å². The summed E-state index contributed by atoms with van der Waals surface area (Å²) >= 11 is 0. The number of hydrogen-bond donors (Lipinski definition) is 1. The predicted octanol–water partition coefficient (Wildman–Crippen LogP) is 4.77. The van der Waals surface area contributed by atoms with Crippen molar-refractivity contribution in [3.63, 3.8) is 0 Å². The van der Waals surface area contributed by atoms with E-state index < -0.39 is 0 Å². The fraction of sp³-hybridized carbons (Fsp3) is 0.0952. The molecule has 3 heteroatoms. The van der Waals surface area contributed by atoms with E-state index in [-0.39, 0.29) is 12.1 Å². The van der Waals surface area contributed by atoms with E-state index in [1.165, 1.54) is 5.56 Å². The smallest absolute Gasteiger partial charge is 0.262 e. The second-order valence-corrected chi connectivity index (χ2v) is 6.01. The largest absolute Gasteiger partial charge is 0.360 e. The number of anilines is 2.